The molecule has 21 heavy (non-hydrogen) atoms. The second-order valence-corrected chi connectivity index (χ2v) is 7.00. The van der Waals surface area contributed by atoms with E-state index in [9.17, 15) is 13.2 Å². The van der Waals surface area contributed by atoms with Crippen molar-refractivity contribution in [3.05, 3.63) is 23.8 Å². The molecule has 0 fully saturated rings. The summed E-state index contributed by atoms with van der Waals surface area (Å²) in [7, 11) is -2.59. The van der Waals surface area contributed by atoms with E-state index < -0.39 is 16.0 Å². The lowest BCUT2D eigenvalue weighted by Crippen LogP contribution is -2.35. The first kappa shape index (κ1) is 17.5. The average Bonchev–Trinajstić information content (AvgIpc) is 2.43. The van der Waals surface area contributed by atoms with Crippen LogP contribution in [0.1, 0.15) is 31.1 Å². The molecule has 1 aromatic carbocycles. The second kappa shape index (κ2) is 6.91. The highest BCUT2D eigenvalue weighted by Crippen LogP contribution is 2.24. The molecule has 0 aliphatic heterocycles. The Labute approximate surface area is 125 Å². The van der Waals surface area contributed by atoms with Gasteiger partial charge in [0, 0.05) is 18.8 Å². The first-order valence-corrected chi connectivity index (χ1v) is 8.16. The maximum absolute atomic E-state index is 12.8. The Morgan fingerprint density at radius 2 is 2.00 bits per heavy atom. The summed E-state index contributed by atoms with van der Waals surface area (Å²) in [5.41, 5.74) is 5.95. The molecule has 7 heteroatoms. The molecule has 0 heterocycles. The Morgan fingerprint density at radius 1 is 1.38 bits per heavy atom. The predicted molar refractivity (Wildman–Crippen MR) is 81.5 cm³/mol. The lowest BCUT2D eigenvalue weighted by Gasteiger charge is -2.23. The third-order valence-electron chi connectivity index (χ3n) is 2.95. The first-order chi connectivity index (χ1) is 9.73. The van der Waals surface area contributed by atoms with Crippen LogP contribution >= 0.6 is 0 Å². The fourth-order valence-corrected chi connectivity index (χ4v) is 3.80. The fraction of sp³-hybridized carbons (Fsp3) is 0.500. The molecule has 0 aromatic heterocycles. The number of ether oxygens (including phenoxy) is 1. The van der Waals surface area contributed by atoms with Crippen molar-refractivity contribution in [3.8, 4) is 0 Å². The van der Waals surface area contributed by atoms with Gasteiger partial charge in [0.1, 0.15) is 0 Å². The Kier molecular flexibility index (Phi) is 5.74. The molecule has 0 spiro atoms. The number of carbonyl (C=O) groups excluding carboxylic acids is 1. The molecule has 6 nitrogen and oxygen atoms in total. The van der Waals surface area contributed by atoms with Gasteiger partial charge in [-0.25, -0.2) is 13.2 Å². The number of rotatable bonds is 6. The monoisotopic (exact) mass is 314 g/mol. The number of nitrogen functional groups attached to an aromatic ring is 1. The van der Waals surface area contributed by atoms with Gasteiger partial charge in [-0.15, -0.1) is 0 Å². The zero-order valence-electron chi connectivity index (χ0n) is 12.8. The Balaban J connectivity index is 3.42. The fourth-order valence-electron chi connectivity index (χ4n) is 1.97. The van der Waals surface area contributed by atoms with Crippen molar-refractivity contribution in [1.82, 2.24) is 4.31 Å². The molecule has 0 aliphatic rings. The van der Waals surface area contributed by atoms with E-state index >= 15 is 0 Å². The molecule has 2 N–H and O–H groups in total. The van der Waals surface area contributed by atoms with Crippen LogP contribution in [-0.2, 0) is 14.8 Å². The molecule has 1 aromatic rings. The zero-order chi connectivity index (χ0) is 16.2. The molecule has 0 amide bonds. The van der Waals surface area contributed by atoms with E-state index in [4.69, 9.17) is 5.73 Å². The van der Waals surface area contributed by atoms with Crippen LogP contribution in [0.5, 0.6) is 0 Å². The van der Waals surface area contributed by atoms with E-state index in [0.717, 1.165) is 0 Å². The molecule has 0 saturated heterocycles. The zero-order valence-corrected chi connectivity index (χ0v) is 13.6. The third-order valence-corrected chi connectivity index (χ3v) is 4.93. The molecule has 0 atom stereocenters. The van der Waals surface area contributed by atoms with Crippen LogP contribution in [0.25, 0.3) is 0 Å². The van der Waals surface area contributed by atoms with Crippen molar-refractivity contribution in [2.24, 2.45) is 5.92 Å². The quantitative estimate of drug-likeness (QED) is 0.638. The van der Waals surface area contributed by atoms with Crippen molar-refractivity contribution in [1.29, 1.82) is 0 Å². The van der Waals surface area contributed by atoms with Crippen LogP contribution in [-0.4, -0.2) is 38.9 Å². The van der Waals surface area contributed by atoms with Crippen LogP contribution in [0.2, 0.25) is 0 Å². The van der Waals surface area contributed by atoms with Crippen molar-refractivity contribution in [3.63, 3.8) is 0 Å². The third kappa shape index (κ3) is 3.95. The van der Waals surface area contributed by atoms with Crippen molar-refractivity contribution < 1.29 is 17.9 Å². The minimum Gasteiger partial charge on any atom is -0.465 e. The highest BCUT2D eigenvalue weighted by atomic mass is 32.2. The summed E-state index contributed by atoms with van der Waals surface area (Å²) in [6.07, 6.45) is 0. The summed E-state index contributed by atoms with van der Waals surface area (Å²) < 4.78 is 31.5. The number of nitrogens with two attached hydrogens (primary N) is 1. The largest absolute Gasteiger partial charge is 0.465 e. The first-order valence-electron chi connectivity index (χ1n) is 6.72. The summed E-state index contributed by atoms with van der Waals surface area (Å²) in [5.74, 6) is -0.531. The minimum atomic E-state index is -3.80. The maximum Gasteiger partial charge on any atom is 0.339 e. The van der Waals surface area contributed by atoms with Crippen molar-refractivity contribution in [2.45, 2.75) is 25.7 Å². The molecule has 0 unspecified atom stereocenters. The average molecular weight is 314 g/mol. The van der Waals surface area contributed by atoms with Crippen LogP contribution in [0.3, 0.4) is 0 Å². The van der Waals surface area contributed by atoms with Gasteiger partial charge in [0.2, 0.25) is 10.0 Å². The lowest BCUT2D eigenvalue weighted by atomic mass is 10.2. The maximum atomic E-state index is 12.8. The number of esters is 1. The molecular weight excluding hydrogens is 292 g/mol. The Morgan fingerprint density at radius 3 is 2.48 bits per heavy atom. The molecular formula is C14H22N2O4S. The normalized spacial score (nSPS) is 11.9. The Bertz CT molecular complexity index is 611. The second-order valence-electron chi connectivity index (χ2n) is 5.10. The lowest BCUT2D eigenvalue weighted by molar-refractivity contribution is 0.0596. The molecule has 1 rings (SSSR count). The number of sulfonamides is 1. The van der Waals surface area contributed by atoms with Crippen LogP contribution < -0.4 is 5.73 Å². The molecule has 118 valence electrons. The topological polar surface area (TPSA) is 89.7 Å². The summed E-state index contributed by atoms with van der Waals surface area (Å²) in [5, 5.41) is 0. The van der Waals surface area contributed by atoms with E-state index in [-0.39, 0.29) is 22.1 Å². The van der Waals surface area contributed by atoms with Crippen LogP contribution in [0.4, 0.5) is 5.69 Å². The molecule has 0 saturated carbocycles. The van der Waals surface area contributed by atoms with E-state index in [2.05, 4.69) is 4.74 Å². The van der Waals surface area contributed by atoms with Gasteiger partial charge < -0.3 is 10.5 Å². The van der Waals surface area contributed by atoms with Gasteiger partial charge in [-0.3, -0.25) is 0 Å². The van der Waals surface area contributed by atoms with Gasteiger partial charge in [0.25, 0.3) is 0 Å². The number of benzene rings is 1. The van der Waals surface area contributed by atoms with Crippen molar-refractivity contribution >= 4 is 21.7 Å². The molecule has 0 radical (unpaired) electrons. The number of carbonyl (C=O) groups is 1. The number of nitrogens with zero attached hydrogens (tertiary/aromatic N) is 1. The van der Waals surface area contributed by atoms with Crippen LogP contribution in [0, 0.1) is 5.92 Å². The SMILES string of the molecule is CCN(CC(C)C)S(=O)(=O)c1cc(N)ccc1C(=O)OC. The van der Waals surface area contributed by atoms with Crippen LogP contribution in [0.15, 0.2) is 23.1 Å². The predicted octanol–water partition coefficient (Wildman–Crippen LogP) is 1.72. The Hall–Kier alpha value is -1.60. The minimum absolute atomic E-state index is 0.00564. The highest BCUT2D eigenvalue weighted by Gasteiger charge is 2.29. The van der Waals surface area contributed by atoms with Crippen molar-refractivity contribution in [2.75, 3.05) is 25.9 Å². The van der Waals surface area contributed by atoms with Gasteiger partial charge >= 0.3 is 5.97 Å². The number of hydrogen-bond donors (Lipinski definition) is 1. The summed E-state index contributed by atoms with van der Waals surface area (Å²) in [6.45, 7) is 6.30. The molecule has 0 bridgehead atoms. The van der Waals surface area contributed by atoms with E-state index in [1.54, 1.807) is 6.92 Å². The highest BCUT2D eigenvalue weighted by molar-refractivity contribution is 7.89. The smallest absolute Gasteiger partial charge is 0.339 e. The summed E-state index contributed by atoms with van der Waals surface area (Å²) in [4.78, 5) is 11.7. The summed E-state index contributed by atoms with van der Waals surface area (Å²) in [6, 6.07) is 4.14. The molecule has 0 aliphatic carbocycles. The van der Waals surface area contributed by atoms with Gasteiger partial charge in [0.15, 0.2) is 0 Å². The van der Waals surface area contributed by atoms with Gasteiger partial charge in [0.05, 0.1) is 17.6 Å². The number of methoxy groups -OCH3 is 1. The van der Waals surface area contributed by atoms with E-state index in [0.29, 0.717) is 13.1 Å². The van der Waals surface area contributed by atoms with E-state index in [1.807, 2.05) is 13.8 Å². The van der Waals surface area contributed by atoms with Gasteiger partial charge in [-0.2, -0.15) is 4.31 Å². The van der Waals surface area contributed by atoms with Gasteiger partial charge in [-0.05, 0) is 24.1 Å². The number of anilines is 1. The standard InChI is InChI=1S/C14H22N2O4S/c1-5-16(9-10(2)3)21(18,19)13-8-11(15)6-7-12(13)14(17)20-4/h6-8,10H,5,9,15H2,1-4H3. The summed E-state index contributed by atoms with van der Waals surface area (Å²) >= 11 is 0. The van der Waals surface area contributed by atoms with E-state index in [1.165, 1.54) is 29.6 Å². The van der Waals surface area contributed by atoms with Gasteiger partial charge in [-0.1, -0.05) is 20.8 Å². The number of hydrogen-bond acceptors (Lipinski definition) is 5.